The van der Waals surface area contributed by atoms with Gasteiger partial charge in [0.2, 0.25) is 5.91 Å². The Morgan fingerprint density at radius 3 is 2.50 bits per heavy atom. The van der Waals surface area contributed by atoms with Gasteiger partial charge in [0.15, 0.2) is 0 Å². The van der Waals surface area contributed by atoms with Gasteiger partial charge in [0.1, 0.15) is 0 Å². The lowest BCUT2D eigenvalue weighted by molar-refractivity contribution is -0.125. The van der Waals surface area contributed by atoms with Crippen molar-refractivity contribution in [3.05, 3.63) is 71.8 Å². The predicted molar refractivity (Wildman–Crippen MR) is 96.3 cm³/mol. The van der Waals surface area contributed by atoms with Gasteiger partial charge in [0.25, 0.3) is 0 Å². The third kappa shape index (κ3) is 4.22. The van der Waals surface area contributed by atoms with Crippen molar-refractivity contribution >= 4 is 5.91 Å². The van der Waals surface area contributed by atoms with E-state index in [-0.39, 0.29) is 18.0 Å². The molecule has 2 aromatic carbocycles. The van der Waals surface area contributed by atoms with Gasteiger partial charge < -0.3 is 11.1 Å². The van der Waals surface area contributed by atoms with Crippen LogP contribution in [0.4, 0.5) is 0 Å². The first kappa shape index (κ1) is 16.7. The van der Waals surface area contributed by atoms with E-state index in [2.05, 4.69) is 22.3 Å². The summed E-state index contributed by atoms with van der Waals surface area (Å²) in [6, 6.07) is 20.0. The van der Waals surface area contributed by atoms with Gasteiger partial charge >= 0.3 is 0 Å². The Morgan fingerprint density at radius 1 is 1.12 bits per heavy atom. The van der Waals surface area contributed by atoms with E-state index >= 15 is 0 Å². The molecular weight excluding hydrogens is 298 g/mol. The predicted octanol–water partition coefficient (Wildman–Crippen LogP) is 2.47. The Balaban J connectivity index is 1.54. The van der Waals surface area contributed by atoms with Gasteiger partial charge in [-0.1, -0.05) is 60.7 Å². The number of nitrogens with one attached hydrogen (secondary N) is 1. The number of amides is 1. The van der Waals surface area contributed by atoms with Gasteiger partial charge in [0.05, 0.1) is 6.04 Å². The molecule has 1 fully saturated rings. The highest BCUT2D eigenvalue weighted by Gasteiger charge is 2.30. The summed E-state index contributed by atoms with van der Waals surface area (Å²) in [7, 11) is 0. The molecule has 1 saturated heterocycles. The molecule has 4 heteroatoms. The second-order valence-corrected chi connectivity index (χ2v) is 6.38. The molecule has 24 heavy (non-hydrogen) atoms. The highest BCUT2D eigenvalue weighted by atomic mass is 16.2. The maximum atomic E-state index is 12.6. The zero-order valence-electron chi connectivity index (χ0n) is 13.9. The summed E-state index contributed by atoms with van der Waals surface area (Å²) in [4.78, 5) is 14.8. The van der Waals surface area contributed by atoms with E-state index in [1.807, 2.05) is 48.5 Å². The minimum Gasteiger partial charge on any atom is -0.353 e. The largest absolute Gasteiger partial charge is 0.353 e. The lowest BCUT2D eigenvalue weighted by Crippen LogP contribution is -2.44. The second-order valence-electron chi connectivity index (χ2n) is 6.38. The van der Waals surface area contributed by atoms with Crippen LogP contribution >= 0.6 is 0 Å². The molecule has 3 rings (SSSR count). The molecule has 126 valence electrons. The molecule has 2 atom stereocenters. The van der Waals surface area contributed by atoms with Crippen LogP contribution in [0.15, 0.2) is 60.7 Å². The van der Waals surface area contributed by atoms with Crippen molar-refractivity contribution in [2.45, 2.75) is 31.5 Å². The molecular formula is C20H25N3O. The number of benzene rings is 2. The van der Waals surface area contributed by atoms with Gasteiger partial charge in [0, 0.05) is 19.1 Å². The van der Waals surface area contributed by atoms with Gasteiger partial charge in [-0.25, -0.2) is 0 Å². The van der Waals surface area contributed by atoms with Crippen molar-refractivity contribution in [3.63, 3.8) is 0 Å². The number of carbonyl (C=O) groups excluding carboxylic acids is 1. The van der Waals surface area contributed by atoms with Crippen molar-refractivity contribution < 1.29 is 4.79 Å². The number of nitrogens with zero attached hydrogens (tertiary/aromatic N) is 1. The van der Waals surface area contributed by atoms with E-state index in [9.17, 15) is 4.79 Å². The molecule has 0 aromatic heterocycles. The van der Waals surface area contributed by atoms with Crippen molar-refractivity contribution in [2.24, 2.45) is 5.73 Å². The summed E-state index contributed by atoms with van der Waals surface area (Å²) in [6.07, 6.45) is 1.98. The highest BCUT2D eigenvalue weighted by Crippen LogP contribution is 2.20. The Bertz CT molecular complexity index is 644. The van der Waals surface area contributed by atoms with E-state index in [1.165, 1.54) is 5.56 Å². The molecule has 1 heterocycles. The van der Waals surface area contributed by atoms with Crippen LogP contribution < -0.4 is 11.1 Å². The zero-order chi connectivity index (χ0) is 16.8. The first-order chi connectivity index (χ1) is 11.7. The van der Waals surface area contributed by atoms with Gasteiger partial charge in [-0.2, -0.15) is 0 Å². The summed E-state index contributed by atoms with van der Waals surface area (Å²) < 4.78 is 0. The van der Waals surface area contributed by atoms with E-state index in [0.29, 0.717) is 6.54 Å². The lowest BCUT2D eigenvalue weighted by atomic mass is 10.1. The molecule has 1 aliphatic rings. The van der Waals surface area contributed by atoms with Crippen LogP contribution in [-0.4, -0.2) is 29.9 Å². The zero-order valence-corrected chi connectivity index (χ0v) is 13.9. The van der Waals surface area contributed by atoms with Crippen LogP contribution in [0.3, 0.4) is 0 Å². The minimum atomic E-state index is -0.167. The van der Waals surface area contributed by atoms with Crippen LogP contribution in [0.2, 0.25) is 0 Å². The maximum Gasteiger partial charge on any atom is 0.237 e. The van der Waals surface area contributed by atoms with Crippen LogP contribution in [0, 0.1) is 0 Å². The van der Waals surface area contributed by atoms with Crippen LogP contribution in [0.1, 0.15) is 30.0 Å². The standard InChI is InChI=1S/C20H25N3O/c21-18(17-10-5-2-6-11-17)14-22-20(24)19-12-7-13-23(19)15-16-8-3-1-4-9-16/h1-6,8-11,18-19H,7,12-15,21H2,(H,22,24). The molecule has 1 amide bonds. The third-order valence-electron chi connectivity index (χ3n) is 4.62. The van der Waals surface area contributed by atoms with Gasteiger partial charge in [-0.3, -0.25) is 9.69 Å². The summed E-state index contributed by atoms with van der Waals surface area (Å²) in [5.41, 5.74) is 8.47. The number of carbonyl (C=O) groups is 1. The summed E-state index contributed by atoms with van der Waals surface area (Å²) >= 11 is 0. The number of hydrogen-bond donors (Lipinski definition) is 2. The van der Waals surface area contributed by atoms with Crippen molar-refractivity contribution in [1.29, 1.82) is 0 Å². The van der Waals surface area contributed by atoms with Gasteiger partial charge in [-0.05, 0) is 30.5 Å². The van der Waals surface area contributed by atoms with Crippen molar-refractivity contribution in [3.8, 4) is 0 Å². The lowest BCUT2D eigenvalue weighted by Gasteiger charge is -2.24. The third-order valence-corrected chi connectivity index (χ3v) is 4.62. The molecule has 0 spiro atoms. The van der Waals surface area contributed by atoms with Gasteiger partial charge in [-0.15, -0.1) is 0 Å². The number of nitrogens with two attached hydrogens (primary N) is 1. The van der Waals surface area contributed by atoms with E-state index in [4.69, 9.17) is 5.73 Å². The fraction of sp³-hybridized carbons (Fsp3) is 0.350. The quantitative estimate of drug-likeness (QED) is 0.858. The van der Waals surface area contributed by atoms with Crippen LogP contribution in [0.25, 0.3) is 0 Å². The summed E-state index contributed by atoms with van der Waals surface area (Å²) in [6.45, 7) is 2.26. The Morgan fingerprint density at radius 2 is 1.79 bits per heavy atom. The average molecular weight is 323 g/mol. The Labute approximate surface area is 143 Å². The number of likely N-dealkylation sites (tertiary alicyclic amines) is 1. The van der Waals surface area contributed by atoms with E-state index in [1.54, 1.807) is 0 Å². The van der Waals surface area contributed by atoms with Crippen molar-refractivity contribution in [1.82, 2.24) is 10.2 Å². The molecule has 4 nitrogen and oxygen atoms in total. The van der Waals surface area contributed by atoms with E-state index < -0.39 is 0 Å². The SMILES string of the molecule is NC(CNC(=O)C1CCCN1Cc1ccccc1)c1ccccc1. The molecule has 2 aromatic rings. The second kappa shape index (κ2) is 8.08. The molecule has 3 N–H and O–H groups in total. The van der Waals surface area contributed by atoms with Crippen molar-refractivity contribution in [2.75, 3.05) is 13.1 Å². The molecule has 0 bridgehead atoms. The van der Waals surface area contributed by atoms with E-state index in [0.717, 1.165) is 31.5 Å². The molecule has 0 aliphatic carbocycles. The highest BCUT2D eigenvalue weighted by molar-refractivity contribution is 5.82. The maximum absolute atomic E-state index is 12.6. The number of hydrogen-bond acceptors (Lipinski definition) is 3. The fourth-order valence-corrected chi connectivity index (χ4v) is 3.28. The Kier molecular flexibility index (Phi) is 5.62. The first-order valence-electron chi connectivity index (χ1n) is 8.60. The van der Waals surface area contributed by atoms with Crippen LogP contribution in [-0.2, 0) is 11.3 Å². The van der Waals surface area contributed by atoms with Crippen LogP contribution in [0.5, 0.6) is 0 Å². The molecule has 0 radical (unpaired) electrons. The molecule has 0 saturated carbocycles. The molecule has 1 aliphatic heterocycles. The normalized spacial score (nSPS) is 19.1. The Hall–Kier alpha value is -2.17. The molecule has 2 unspecified atom stereocenters. The summed E-state index contributed by atoms with van der Waals surface area (Å²) in [5.74, 6) is 0.0924. The average Bonchev–Trinajstić information content (AvgIpc) is 3.09. The minimum absolute atomic E-state index is 0.0480. The monoisotopic (exact) mass is 323 g/mol. The first-order valence-corrected chi connectivity index (χ1v) is 8.60. The summed E-state index contributed by atoms with van der Waals surface area (Å²) in [5, 5.41) is 3.03. The fourth-order valence-electron chi connectivity index (χ4n) is 3.28. The number of rotatable bonds is 6. The smallest absolute Gasteiger partial charge is 0.237 e. The topological polar surface area (TPSA) is 58.4 Å².